The molecule has 1 aromatic carbocycles. The number of aryl methyl sites for hydroxylation is 2. The van der Waals surface area contributed by atoms with Crippen molar-refractivity contribution < 1.29 is 9.57 Å². The summed E-state index contributed by atoms with van der Waals surface area (Å²) in [5, 5.41) is 0. The molecule has 2 N–H and O–H groups in total. The van der Waals surface area contributed by atoms with Crippen LogP contribution in [0, 0.1) is 13.8 Å². The molecule has 0 fully saturated rings. The minimum Gasteiger partial charge on any atom is -0.495 e. The fourth-order valence-corrected chi connectivity index (χ4v) is 1.96. The van der Waals surface area contributed by atoms with Gasteiger partial charge in [0.2, 0.25) is 0 Å². The zero-order valence-corrected chi connectivity index (χ0v) is 10.1. The molecule has 0 bridgehead atoms. The van der Waals surface area contributed by atoms with E-state index in [0.717, 1.165) is 26.9 Å². The van der Waals surface area contributed by atoms with E-state index in [4.69, 9.17) is 10.6 Å². The summed E-state index contributed by atoms with van der Waals surface area (Å²) in [6, 6.07) is 2.07. The molecule has 4 heteroatoms. The average molecular weight is 260 g/mol. The van der Waals surface area contributed by atoms with Gasteiger partial charge in [0, 0.05) is 5.56 Å². The second-order valence-electron chi connectivity index (χ2n) is 3.15. The first-order valence-electron chi connectivity index (χ1n) is 4.26. The molecule has 0 aliphatic heterocycles. The van der Waals surface area contributed by atoms with Crippen LogP contribution < -0.4 is 10.6 Å². The van der Waals surface area contributed by atoms with Gasteiger partial charge in [-0.1, -0.05) is 6.07 Å². The number of hydrogen-bond donors (Lipinski definition) is 1. The van der Waals surface area contributed by atoms with Gasteiger partial charge >= 0.3 is 0 Å². The highest BCUT2D eigenvalue weighted by Crippen LogP contribution is 2.34. The molecule has 0 aliphatic carbocycles. The van der Waals surface area contributed by atoms with E-state index in [9.17, 15) is 0 Å². The third-order valence-corrected chi connectivity index (χ3v) is 3.15. The number of methoxy groups -OCH3 is 1. The molecular formula is C10H14BrNO2. The second-order valence-corrected chi connectivity index (χ2v) is 3.94. The van der Waals surface area contributed by atoms with Crippen molar-refractivity contribution in [1.82, 2.24) is 0 Å². The molecule has 0 heterocycles. The fourth-order valence-electron chi connectivity index (χ4n) is 1.44. The lowest BCUT2D eigenvalue weighted by Gasteiger charge is -2.14. The topological polar surface area (TPSA) is 44.5 Å². The normalized spacial score (nSPS) is 10.4. The maximum absolute atomic E-state index is 5.31. The maximum Gasteiger partial charge on any atom is 0.139 e. The van der Waals surface area contributed by atoms with E-state index in [1.807, 2.05) is 13.8 Å². The van der Waals surface area contributed by atoms with Crippen molar-refractivity contribution >= 4 is 15.9 Å². The number of benzene rings is 1. The zero-order chi connectivity index (χ0) is 10.7. The molecule has 0 amide bonds. The van der Waals surface area contributed by atoms with Crippen molar-refractivity contribution in [3.8, 4) is 5.75 Å². The van der Waals surface area contributed by atoms with Crippen molar-refractivity contribution in [2.75, 3.05) is 7.11 Å². The third-order valence-electron chi connectivity index (χ3n) is 2.16. The molecule has 78 valence electrons. The van der Waals surface area contributed by atoms with Gasteiger partial charge in [-0.3, -0.25) is 4.84 Å². The van der Waals surface area contributed by atoms with Crippen molar-refractivity contribution in [3.63, 3.8) is 0 Å². The van der Waals surface area contributed by atoms with Crippen LogP contribution in [0.1, 0.15) is 16.7 Å². The first-order valence-corrected chi connectivity index (χ1v) is 5.05. The van der Waals surface area contributed by atoms with Crippen LogP contribution >= 0.6 is 15.9 Å². The predicted octanol–water partition coefficient (Wildman–Crippen LogP) is 2.46. The number of halogens is 1. The first kappa shape index (κ1) is 11.5. The van der Waals surface area contributed by atoms with Gasteiger partial charge in [-0.25, -0.2) is 5.90 Å². The van der Waals surface area contributed by atoms with Crippen molar-refractivity contribution in [3.05, 3.63) is 27.2 Å². The van der Waals surface area contributed by atoms with Gasteiger partial charge in [0.15, 0.2) is 0 Å². The van der Waals surface area contributed by atoms with E-state index in [-0.39, 0.29) is 0 Å². The Morgan fingerprint density at radius 3 is 2.50 bits per heavy atom. The van der Waals surface area contributed by atoms with Gasteiger partial charge in [0.1, 0.15) is 5.75 Å². The molecule has 3 nitrogen and oxygen atoms in total. The van der Waals surface area contributed by atoms with E-state index in [2.05, 4.69) is 26.8 Å². The first-order chi connectivity index (χ1) is 6.61. The Morgan fingerprint density at radius 1 is 1.36 bits per heavy atom. The Morgan fingerprint density at radius 2 is 2.00 bits per heavy atom. The number of hydrogen-bond acceptors (Lipinski definition) is 3. The second kappa shape index (κ2) is 4.77. The predicted molar refractivity (Wildman–Crippen MR) is 59.1 cm³/mol. The van der Waals surface area contributed by atoms with Crippen LogP contribution in [0.15, 0.2) is 10.5 Å². The molecule has 0 saturated heterocycles. The summed E-state index contributed by atoms with van der Waals surface area (Å²) >= 11 is 3.47. The van der Waals surface area contributed by atoms with Gasteiger partial charge < -0.3 is 4.74 Å². The quantitative estimate of drug-likeness (QED) is 0.849. The SMILES string of the molecule is COc1c(Br)c(C)cc(C)c1CON. The monoisotopic (exact) mass is 259 g/mol. The summed E-state index contributed by atoms with van der Waals surface area (Å²) in [4.78, 5) is 4.65. The van der Waals surface area contributed by atoms with Crippen LogP contribution in [-0.2, 0) is 11.4 Å². The lowest BCUT2D eigenvalue weighted by atomic mass is 10.1. The van der Waals surface area contributed by atoms with Crippen LogP contribution in [0.4, 0.5) is 0 Å². The molecule has 0 radical (unpaired) electrons. The highest BCUT2D eigenvalue weighted by Gasteiger charge is 2.12. The summed E-state index contributed by atoms with van der Waals surface area (Å²) in [6.07, 6.45) is 0. The molecule has 1 aromatic rings. The van der Waals surface area contributed by atoms with E-state index in [0.29, 0.717) is 6.61 Å². The number of rotatable bonds is 3. The Hall–Kier alpha value is -0.580. The van der Waals surface area contributed by atoms with E-state index in [1.165, 1.54) is 0 Å². The lowest BCUT2D eigenvalue weighted by molar-refractivity contribution is 0.121. The van der Waals surface area contributed by atoms with E-state index >= 15 is 0 Å². The van der Waals surface area contributed by atoms with Crippen molar-refractivity contribution in [2.45, 2.75) is 20.5 Å². The lowest BCUT2D eigenvalue weighted by Crippen LogP contribution is -2.04. The summed E-state index contributed by atoms with van der Waals surface area (Å²) in [5.74, 6) is 5.87. The van der Waals surface area contributed by atoms with Crippen LogP contribution in [0.5, 0.6) is 5.75 Å². The molecule has 0 aromatic heterocycles. The minimum atomic E-state index is 0.355. The van der Waals surface area contributed by atoms with E-state index in [1.54, 1.807) is 7.11 Å². The smallest absolute Gasteiger partial charge is 0.139 e. The van der Waals surface area contributed by atoms with Crippen LogP contribution in [-0.4, -0.2) is 7.11 Å². The summed E-state index contributed by atoms with van der Waals surface area (Å²) < 4.78 is 6.26. The van der Waals surface area contributed by atoms with Gasteiger partial charge in [0.25, 0.3) is 0 Å². The highest BCUT2D eigenvalue weighted by atomic mass is 79.9. The molecule has 0 spiro atoms. The van der Waals surface area contributed by atoms with Crippen molar-refractivity contribution in [2.24, 2.45) is 5.90 Å². The largest absolute Gasteiger partial charge is 0.495 e. The van der Waals surface area contributed by atoms with E-state index < -0.39 is 0 Å². The number of nitrogens with two attached hydrogens (primary N) is 1. The highest BCUT2D eigenvalue weighted by molar-refractivity contribution is 9.10. The van der Waals surface area contributed by atoms with Crippen LogP contribution in [0.2, 0.25) is 0 Å². The van der Waals surface area contributed by atoms with Crippen LogP contribution in [0.25, 0.3) is 0 Å². The Balaban J connectivity index is 3.31. The molecule has 0 unspecified atom stereocenters. The summed E-state index contributed by atoms with van der Waals surface area (Å²) in [5.41, 5.74) is 3.24. The van der Waals surface area contributed by atoms with Crippen molar-refractivity contribution in [1.29, 1.82) is 0 Å². The molecular weight excluding hydrogens is 246 g/mol. The van der Waals surface area contributed by atoms with Gasteiger partial charge in [-0.2, -0.15) is 0 Å². The molecule has 0 atom stereocenters. The average Bonchev–Trinajstić information content (AvgIpc) is 2.15. The Bertz CT molecular complexity index is 339. The number of ether oxygens (including phenoxy) is 1. The fraction of sp³-hybridized carbons (Fsp3) is 0.400. The van der Waals surface area contributed by atoms with Gasteiger partial charge in [0.05, 0.1) is 18.2 Å². The van der Waals surface area contributed by atoms with Gasteiger partial charge in [-0.05, 0) is 40.9 Å². The Kier molecular flexibility index (Phi) is 3.92. The molecule has 0 aliphatic rings. The summed E-state index contributed by atoms with van der Waals surface area (Å²) in [7, 11) is 1.64. The molecule has 1 rings (SSSR count). The molecule has 0 saturated carbocycles. The maximum atomic E-state index is 5.31. The van der Waals surface area contributed by atoms with Gasteiger partial charge in [-0.15, -0.1) is 0 Å². The third kappa shape index (κ3) is 2.08. The Labute approximate surface area is 92.3 Å². The standard InChI is InChI=1S/C10H14BrNO2/c1-6-4-7(2)9(11)10(13-3)8(6)5-14-12/h4H,5,12H2,1-3H3. The van der Waals surface area contributed by atoms with Crippen LogP contribution in [0.3, 0.4) is 0 Å². The summed E-state index contributed by atoms with van der Waals surface area (Å²) in [6.45, 7) is 4.39. The molecule has 14 heavy (non-hydrogen) atoms. The minimum absolute atomic E-state index is 0.355. The zero-order valence-electron chi connectivity index (χ0n) is 8.56.